The minimum absolute atomic E-state index is 0.684. The van der Waals surface area contributed by atoms with Gasteiger partial charge in [0.1, 0.15) is 5.52 Å². The van der Waals surface area contributed by atoms with Crippen molar-refractivity contribution in [2.45, 2.75) is 10.1 Å². The molecule has 0 aliphatic heterocycles. The normalized spacial score (nSPS) is 10.9. The van der Waals surface area contributed by atoms with Gasteiger partial charge in [0.2, 0.25) is 0 Å². The van der Waals surface area contributed by atoms with Crippen LogP contribution in [0.4, 0.5) is 0 Å². The van der Waals surface area contributed by atoms with E-state index in [4.69, 9.17) is 4.42 Å². The second-order valence-electron chi connectivity index (χ2n) is 3.57. The fraction of sp³-hybridized carbons (Fsp3) is 0. The zero-order valence-electron chi connectivity index (χ0n) is 9.17. The first-order valence-electron chi connectivity index (χ1n) is 5.27. The summed E-state index contributed by atoms with van der Waals surface area (Å²) < 4.78 is 6.72. The molecule has 2 aromatic carbocycles. The van der Waals surface area contributed by atoms with Crippen LogP contribution >= 0.6 is 37.5 Å². The lowest BCUT2D eigenvalue weighted by molar-refractivity contribution is 0.491. The van der Waals surface area contributed by atoms with Crippen molar-refractivity contribution in [2.24, 2.45) is 0 Å². The second kappa shape index (κ2) is 5.38. The highest BCUT2D eigenvalue weighted by Crippen LogP contribution is 2.38. The Morgan fingerprint density at radius 2 is 1.72 bits per heavy atom. The van der Waals surface area contributed by atoms with E-state index in [9.17, 15) is 0 Å². The molecule has 0 N–H and O–H groups in total. The molecular formula is C13H8BrNOS2. The zero-order valence-corrected chi connectivity index (χ0v) is 12.4. The highest BCUT2D eigenvalue weighted by atomic mass is 79.9. The van der Waals surface area contributed by atoms with E-state index in [-0.39, 0.29) is 0 Å². The van der Waals surface area contributed by atoms with Crippen LogP contribution in [-0.4, -0.2) is 4.98 Å². The lowest BCUT2D eigenvalue weighted by Crippen LogP contribution is -1.69. The van der Waals surface area contributed by atoms with Crippen molar-refractivity contribution in [3.8, 4) is 0 Å². The van der Waals surface area contributed by atoms with Crippen molar-refractivity contribution in [2.75, 3.05) is 0 Å². The van der Waals surface area contributed by atoms with E-state index in [2.05, 4.69) is 33.0 Å². The summed E-state index contributed by atoms with van der Waals surface area (Å²) in [4.78, 5) is 5.58. The summed E-state index contributed by atoms with van der Waals surface area (Å²) in [6, 6.07) is 16.0. The van der Waals surface area contributed by atoms with Gasteiger partial charge in [0.05, 0.1) is 0 Å². The highest BCUT2D eigenvalue weighted by molar-refractivity contribution is 9.10. The smallest absolute Gasteiger partial charge is 0.268 e. The lowest BCUT2D eigenvalue weighted by Gasteiger charge is -1.97. The van der Waals surface area contributed by atoms with Crippen LogP contribution < -0.4 is 0 Å². The van der Waals surface area contributed by atoms with Gasteiger partial charge in [0.15, 0.2) is 5.58 Å². The van der Waals surface area contributed by atoms with Crippen LogP contribution in [-0.2, 0) is 0 Å². The standard InChI is InChI=1S/C13H8BrNOS2/c14-9-5-7-10(8-6-9)17-18-13-15-11-3-1-2-4-12(11)16-13/h1-8H. The van der Waals surface area contributed by atoms with E-state index in [1.54, 1.807) is 10.8 Å². The fourth-order valence-electron chi connectivity index (χ4n) is 1.46. The molecule has 3 aromatic rings. The molecular weight excluding hydrogens is 330 g/mol. The van der Waals surface area contributed by atoms with Crippen molar-refractivity contribution >= 4 is 48.6 Å². The first-order valence-corrected chi connectivity index (χ1v) is 8.21. The van der Waals surface area contributed by atoms with E-state index in [0.29, 0.717) is 5.22 Å². The molecule has 0 saturated heterocycles. The summed E-state index contributed by atoms with van der Waals surface area (Å²) in [5.41, 5.74) is 1.73. The van der Waals surface area contributed by atoms with Crippen LogP contribution in [0.2, 0.25) is 0 Å². The van der Waals surface area contributed by atoms with Gasteiger partial charge in [-0.3, -0.25) is 0 Å². The number of aromatic nitrogens is 1. The third-order valence-corrected chi connectivity index (χ3v) is 4.95. The molecule has 0 unspecified atom stereocenters. The Kier molecular flexibility index (Phi) is 3.63. The summed E-state index contributed by atoms with van der Waals surface area (Å²) in [6.07, 6.45) is 0. The number of hydrogen-bond acceptors (Lipinski definition) is 4. The Bertz CT molecular complexity index is 633. The number of nitrogens with zero attached hydrogens (tertiary/aromatic N) is 1. The molecule has 5 heteroatoms. The van der Waals surface area contributed by atoms with E-state index >= 15 is 0 Å². The van der Waals surface area contributed by atoms with Crippen molar-refractivity contribution < 1.29 is 4.42 Å². The summed E-state index contributed by atoms with van der Waals surface area (Å²) in [5, 5.41) is 0.684. The molecule has 1 heterocycles. The Balaban J connectivity index is 1.74. The zero-order chi connectivity index (χ0) is 12.4. The van der Waals surface area contributed by atoms with Crippen molar-refractivity contribution in [3.63, 3.8) is 0 Å². The quantitative estimate of drug-likeness (QED) is 0.598. The Morgan fingerprint density at radius 3 is 2.50 bits per heavy atom. The van der Waals surface area contributed by atoms with Gasteiger partial charge in [0, 0.05) is 20.2 Å². The number of para-hydroxylation sites is 2. The van der Waals surface area contributed by atoms with Gasteiger partial charge >= 0.3 is 0 Å². The molecule has 0 aliphatic carbocycles. The van der Waals surface area contributed by atoms with Crippen LogP contribution in [0.1, 0.15) is 0 Å². The fourth-order valence-corrected chi connectivity index (χ4v) is 3.45. The molecule has 0 fully saturated rings. The Labute approximate surface area is 121 Å². The predicted molar refractivity (Wildman–Crippen MR) is 79.9 cm³/mol. The molecule has 18 heavy (non-hydrogen) atoms. The van der Waals surface area contributed by atoms with Gasteiger partial charge < -0.3 is 4.42 Å². The molecule has 2 nitrogen and oxygen atoms in total. The van der Waals surface area contributed by atoms with E-state index in [0.717, 1.165) is 15.6 Å². The highest BCUT2D eigenvalue weighted by Gasteiger charge is 2.06. The van der Waals surface area contributed by atoms with Crippen molar-refractivity contribution in [3.05, 3.63) is 53.0 Å². The van der Waals surface area contributed by atoms with Crippen LogP contribution in [0.3, 0.4) is 0 Å². The van der Waals surface area contributed by atoms with Gasteiger partial charge in [-0.25, -0.2) is 4.98 Å². The van der Waals surface area contributed by atoms with Gasteiger partial charge in [-0.15, -0.1) is 0 Å². The average molecular weight is 338 g/mol. The van der Waals surface area contributed by atoms with E-state index in [1.807, 2.05) is 36.4 Å². The number of halogens is 1. The van der Waals surface area contributed by atoms with Crippen LogP contribution in [0, 0.1) is 0 Å². The van der Waals surface area contributed by atoms with Gasteiger partial charge in [-0.05, 0) is 47.2 Å². The SMILES string of the molecule is Brc1ccc(SSc2nc3ccccc3o2)cc1. The number of oxazole rings is 1. The molecule has 0 spiro atoms. The van der Waals surface area contributed by atoms with Crippen molar-refractivity contribution in [1.29, 1.82) is 0 Å². The molecule has 0 radical (unpaired) electrons. The summed E-state index contributed by atoms with van der Waals surface area (Å²) in [6.45, 7) is 0. The molecule has 3 rings (SSSR count). The monoisotopic (exact) mass is 337 g/mol. The maximum absolute atomic E-state index is 5.64. The molecule has 1 aromatic heterocycles. The maximum atomic E-state index is 5.64. The van der Waals surface area contributed by atoms with Crippen LogP contribution in [0.15, 0.2) is 67.5 Å². The topological polar surface area (TPSA) is 26.0 Å². The second-order valence-corrected chi connectivity index (χ2v) is 6.64. The maximum Gasteiger partial charge on any atom is 0.268 e. The molecule has 90 valence electrons. The van der Waals surface area contributed by atoms with E-state index < -0.39 is 0 Å². The molecule has 0 bridgehead atoms. The Morgan fingerprint density at radius 1 is 0.944 bits per heavy atom. The third-order valence-electron chi connectivity index (χ3n) is 2.30. The first kappa shape index (κ1) is 12.1. The number of hydrogen-bond donors (Lipinski definition) is 0. The molecule has 0 aliphatic rings. The molecule has 0 saturated carbocycles. The largest absolute Gasteiger partial charge is 0.431 e. The number of fused-ring (bicyclic) bond motifs is 1. The first-order chi connectivity index (χ1) is 8.81. The Hall–Kier alpha value is -0.910. The summed E-state index contributed by atoms with van der Waals surface area (Å²) in [5.74, 6) is 0. The number of rotatable bonds is 3. The van der Waals surface area contributed by atoms with Crippen molar-refractivity contribution in [1.82, 2.24) is 4.98 Å². The molecule has 0 amide bonds. The predicted octanol–water partition coefficient (Wildman–Crippen LogP) is 5.39. The van der Waals surface area contributed by atoms with Crippen LogP contribution in [0.25, 0.3) is 11.1 Å². The van der Waals surface area contributed by atoms with Gasteiger partial charge in [-0.1, -0.05) is 28.1 Å². The van der Waals surface area contributed by atoms with Gasteiger partial charge in [0.25, 0.3) is 5.22 Å². The van der Waals surface area contributed by atoms with E-state index in [1.165, 1.54) is 15.7 Å². The number of benzene rings is 2. The minimum Gasteiger partial charge on any atom is -0.431 e. The minimum atomic E-state index is 0.684. The average Bonchev–Trinajstić information content (AvgIpc) is 2.81. The van der Waals surface area contributed by atoms with Crippen LogP contribution in [0.5, 0.6) is 0 Å². The summed E-state index contributed by atoms with van der Waals surface area (Å²) in [7, 11) is 3.17. The van der Waals surface area contributed by atoms with Gasteiger partial charge in [-0.2, -0.15) is 0 Å². The third kappa shape index (κ3) is 2.74. The summed E-state index contributed by atoms with van der Waals surface area (Å²) >= 11 is 3.42. The lowest BCUT2D eigenvalue weighted by atomic mass is 10.3. The molecule has 0 atom stereocenters.